The highest BCUT2D eigenvalue weighted by atomic mass is 16.5. The molecule has 1 saturated carbocycles. The van der Waals surface area contributed by atoms with Crippen molar-refractivity contribution in [1.29, 1.82) is 0 Å². The summed E-state index contributed by atoms with van der Waals surface area (Å²) in [6.45, 7) is 0. The van der Waals surface area contributed by atoms with Crippen molar-refractivity contribution < 1.29 is 9.53 Å². The van der Waals surface area contributed by atoms with E-state index < -0.39 is 0 Å². The number of hydrogen-bond donors (Lipinski definition) is 0. The molecule has 0 aromatic heterocycles. The zero-order valence-corrected chi connectivity index (χ0v) is 10.7. The summed E-state index contributed by atoms with van der Waals surface area (Å²) in [5.74, 6) is 2.47. The summed E-state index contributed by atoms with van der Waals surface area (Å²) in [4.78, 5) is 10.6. The van der Waals surface area contributed by atoms with Crippen LogP contribution in [0.5, 0.6) is 11.5 Å². The Labute approximate surface area is 113 Å². The molecule has 96 valence electrons. The lowest BCUT2D eigenvalue weighted by atomic mass is 9.72. The molecule has 0 saturated heterocycles. The maximum atomic E-state index is 10.6. The minimum absolute atomic E-state index is 0.253. The number of carbonyl (C=O) groups excluding carboxylic acids is 1. The van der Waals surface area contributed by atoms with Gasteiger partial charge in [-0.25, -0.2) is 0 Å². The van der Waals surface area contributed by atoms with Gasteiger partial charge in [-0.1, -0.05) is 30.3 Å². The molecule has 0 N–H and O–H groups in total. The van der Waals surface area contributed by atoms with E-state index in [1.165, 1.54) is 5.56 Å². The molecule has 1 fully saturated rings. The molecule has 1 aliphatic carbocycles. The van der Waals surface area contributed by atoms with Gasteiger partial charge in [0.1, 0.15) is 17.8 Å². The van der Waals surface area contributed by atoms with Gasteiger partial charge in [0.25, 0.3) is 0 Å². The van der Waals surface area contributed by atoms with E-state index in [-0.39, 0.29) is 5.92 Å². The van der Waals surface area contributed by atoms with E-state index in [2.05, 4.69) is 12.1 Å². The second-order valence-corrected chi connectivity index (χ2v) is 5.05. The third-order valence-corrected chi connectivity index (χ3v) is 3.68. The fraction of sp³-hybridized carbons (Fsp3) is 0.235. The Balaban J connectivity index is 1.72. The van der Waals surface area contributed by atoms with Crippen molar-refractivity contribution in [1.82, 2.24) is 0 Å². The number of hydrogen-bond acceptors (Lipinski definition) is 2. The van der Waals surface area contributed by atoms with Gasteiger partial charge in [-0.15, -0.1) is 0 Å². The first-order valence-electron chi connectivity index (χ1n) is 6.63. The molecule has 0 amide bonds. The molecule has 0 radical (unpaired) electrons. The van der Waals surface area contributed by atoms with Gasteiger partial charge in [0.05, 0.1) is 0 Å². The minimum atomic E-state index is 0.253. The van der Waals surface area contributed by atoms with Crippen LogP contribution in [0.1, 0.15) is 24.3 Å². The third kappa shape index (κ3) is 2.68. The van der Waals surface area contributed by atoms with Crippen LogP contribution in [0.3, 0.4) is 0 Å². The van der Waals surface area contributed by atoms with Crippen LogP contribution in [0.4, 0.5) is 0 Å². The van der Waals surface area contributed by atoms with Crippen molar-refractivity contribution in [3.05, 3.63) is 60.2 Å². The van der Waals surface area contributed by atoms with E-state index in [0.717, 1.165) is 30.6 Å². The van der Waals surface area contributed by atoms with Crippen molar-refractivity contribution in [3.8, 4) is 11.5 Å². The molecule has 2 heteroatoms. The van der Waals surface area contributed by atoms with Crippen molar-refractivity contribution in [2.45, 2.75) is 18.8 Å². The number of para-hydroxylation sites is 1. The fourth-order valence-electron chi connectivity index (χ4n) is 2.50. The Hall–Kier alpha value is -2.09. The van der Waals surface area contributed by atoms with Crippen LogP contribution in [0.25, 0.3) is 0 Å². The van der Waals surface area contributed by atoms with E-state index in [4.69, 9.17) is 4.74 Å². The van der Waals surface area contributed by atoms with Crippen molar-refractivity contribution in [3.63, 3.8) is 0 Å². The quantitative estimate of drug-likeness (QED) is 0.763. The molecule has 0 bridgehead atoms. The lowest BCUT2D eigenvalue weighted by Crippen LogP contribution is -2.22. The van der Waals surface area contributed by atoms with Gasteiger partial charge in [0, 0.05) is 5.92 Å². The zero-order valence-electron chi connectivity index (χ0n) is 10.7. The van der Waals surface area contributed by atoms with Gasteiger partial charge in [-0.05, 0) is 48.6 Å². The normalized spacial score (nSPS) is 21.5. The molecule has 2 nitrogen and oxygen atoms in total. The average molecular weight is 252 g/mol. The first-order chi connectivity index (χ1) is 9.35. The van der Waals surface area contributed by atoms with E-state index in [1.54, 1.807) is 0 Å². The third-order valence-electron chi connectivity index (χ3n) is 3.68. The van der Waals surface area contributed by atoms with Crippen LogP contribution in [0.2, 0.25) is 0 Å². The van der Waals surface area contributed by atoms with Crippen molar-refractivity contribution in [2.75, 3.05) is 0 Å². The Morgan fingerprint density at radius 1 is 0.947 bits per heavy atom. The van der Waals surface area contributed by atoms with E-state index in [9.17, 15) is 4.79 Å². The Kier molecular flexibility index (Phi) is 3.32. The number of benzene rings is 2. The smallest absolute Gasteiger partial charge is 0.127 e. The average Bonchev–Trinajstić information content (AvgIpc) is 2.39. The van der Waals surface area contributed by atoms with E-state index in [1.807, 2.05) is 42.5 Å². The topological polar surface area (TPSA) is 26.3 Å². The molecule has 0 heterocycles. The summed E-state index contributed by atoms with van der Waals surface area (Å²) in [7, 11) is 0. The maximum Gasteiger partial charge on any atom is 0.127 e. The first-order valence-corrected chi connectivity index (χ1v) is 6.63. The SMILES string of the molecule is O=CC1CC(c2cccc(Oc3ccccc3)c2)C1. The lowest BCUT2D eigenvalue weighted by molar-refractivity contribution is -0.113. The van der Waals surface area contributed by atoms with Crippen LogP contribution in [0.15, 0.2) is 54.6 Å². The van der Waals surface area contributed by atoms with Crippen LogP contribution < -0.4 is 4.74 Å². The molecular weight excluding hydrogens is 236 g/mol. The predicted octanol–water partition coefficient (Wildman–Crippen LogP) is 4.17. The largest absolute Gasteiger partial charge is 0.457 e. The molecule has 3 rings (SSSR count). The Bertz CT molecular complexity index is 556. The number of rotatable bonds is 4. The molecule has 0 unspecified atom stereocenters. The van der Waals surface area contributed by atoms with Crippen molar-refractivity contribution >= 4 is 6.29 Å². The van der Waals surface area contributed by atoms with Crippen LogP contribution in [-0.4, -0.2) is 6.29 Å². The van der Waals surface area contributed by atoms with Gasteiger partial charge < -0.3 is 9.53 Å². The van der Waals surface area contributed by atoms with Crippen LogP contribution in [-0.2, 0) is 4.79 Å². The van der Waals surface area contributed by atoms with Crippen LogP contribution >= 0.6 is 0 Å². The molecule has 2 aromatic carbocycles. The monoisotopic (exact) mass is 252 g/mol. The summed E-state index contributed by atoms with van der Waals surface area (Å²) in [6, 6.07) is 17.9. The van der Waals surface area contributed by atoms with Gasteiger partial charge >= 0.3 is 0 Å². The van der Waals surface area contributed by atoms with Gasteiger partial charge in [-0.2, -0.15) is 0 Å². The Morgan fingerprint density at radius 2 is 1.68 bits per heavy atom. The van der Waals surface area contributed by atoms with Crippen molar-refractivity contribution in [2.24, 2.45) is 5.92 Å². The van der Waals surface area contributed by atoms with Gasteiger partial charge in [0.2, 0.25) is 0 Å². The minimum Gasteiger partial charge on any atom is -0.457 e. The highest BCUT2D eigenvalue weighted by molar-refractivity contribution is 5.56. The molecule has 0 atom stereocenters. The summed E-state index contributed by atoms with van der Waals surface area (Å²) < 4.78 is 5.82. The zero-order chi connectivity index (χ0) is 13.1. The summed E-state index contributed by atoms with van der Waals surface area (Å²) >= 11 is 0. The van der Waals surface area contributed by atoms with Gasteiger partial charge in [0.15, 0.2) is 0 Å². The number of aldehydes is 1. The lowest BCUT2D eigenvalue weighted by Gasteiger charge is -2.32. The molecule has 19 heavy (non-hydrogen) atoms. The molecule has 2 aromatic rings. The fourth-order valence-corrected chi connectivity index (χ4v) is 2.50. The number of carbonyl (C=O) groups is 1. The first kappa shape index (κ1) is 12.0. The molecule has 0 spiro atoms. The molecule has 0 aliphatic heterocycles. The van der Waals surface area contributed by atoms with Gasteiger partial charge in [-0.3, -0.25) is 0 Å². The molecular formula is C17H16O2. The molecule has 1 aliphatic rings. The van der Waals surface area contributed by atoms with E-state index in [0.29, 0.717) is 5.92 Å². The summed E-state index contributed by atoms with van der Waals surface area (Å²) in [5, 5.41) is 0. The maximum absolute atomic E-state index is 10.6. The second kappa shape index (κ2) is 5.27. The van der Waals surface area contributed by atoms with Crippen LogP contribution in [0, 0.1) is 5.92 Å². The second-order valence-electron chi connectivity index (χ2n) is 5.05. The predicted molar refractivity (Wildman–Crippen MR) is 74.5 cm³/mol. The van der Waals surface area contributed by atoms with E-state index >= 15 is 0 Å². The standard InChI is InChI=1S/C17H16O2/c18-12-13-9-15(10-13)14-5-4-8-17(11-14)19-16-6-2-1-3-7-16/h1-8,11-13,15H,9-10H2. The Morgan fingerprint density at radius 3 is 2.42 bits per heavy atom. The summed E-state index contributed by atoms with van der Waals surface area (Å²) in [5.41, 5.74) is 1.27. The highest BCUT2D eigenvalue weighted by Crippen LogP contribution is 2.41. The highest BCUT2D eigenvalue weighted by Gasteiger charge is 2.29. The number of ether oxygens (including phenoxy) is 1. The summed E-state index contributed by atoms with van der Waals surface area (Å²) in [6.07, 6.45) is 3.01.